The zero-order chi connectivity index (χ0) is 15.5. The molecule has 1 aromatic rings. The molecule has 1 aliphatic rings. The quantitative estimate of drug-likeness (QED) is 0.882. The largest absolute Gasteiger partial charge is 0.506 e. The van der Waals surface area contributed by atoms with Crippen LogP contribution in [-0.4, -0.2) is 53.3 Å². The van der Waals surface area contributed by atoms with E-state index in [1.807, 2.05) is 0 Å². The third kappa shape index (κ3) is 4.89. The number of hydrogen-bond donors (Lipinski definition) is 2. The van der Waals surface area contributed by atoms with Crippen molar-refractivity contribution in [3.63, 3.8) is 0 Å². The Kier molecular flexibility index (Phi) is 4.66. The van der Waals surface area contributed by atoms with Crippen molar-refractivity contribution in [1.82, 2.24) is 15.2 Å². The lowest BCUT2D eigenvalue weighted by Gasteiger charge is -2.18. The summed E-state index contributed by atoms with van der Waals surface area (Å²) in [7, 11) is 0. The lowest BCUT2D eigenvalue weighted by Crippen LogP contribution is -2.34. The molecule has 0 bridgehead atoms. The summed E-state index contributed by atoms with van der Waals surface area (Å²) in [5.41, 5.74) is 0.222. The number of alkyl halides is 3. The molecule has 0 aromatic carbocycles. The minimum absolute atomic E-state index is 0.00145. The van der Waals surface area contributed by atoms with Crippen LogP contribution in [0.1, 0.15) is 16.8 Å². The van der Waals surface area contributed by atoms with Crippen molar-refractivity contribution < 1.29 is 23.1 Å². The fourth-order valence-electron chi connectivity index (χ4n) is 2.37. The maximum atomic E-state index is 12.3. The average Bonchev–Trinajstić information content (AvgIpc) is 2.81. The van der Waals surface area contributed by atoms with E-state index in [0.29, 0.717) is 26.1 Å². The molecule has 1 unspecified atom stereocenters. The van der Waals surface area contributed by atoms with Gasteiger partial charge in [0.15, 0.2) is 0 Å². The molecular weight excluding hydrogens is 287 g/mol. The Bertz CT molecular complexity index is 508. The Morgan fingerprint density at radius 1 is 1.48 bits per heavy atom. The highest BCUT2D eigenvalue weighted by atomic mass is 19.4. The Labute approximate surface area is 119 Å². The topological polar surface area (TPSA) is 65.5 Å². The van der Waals surface area contributed by atoms with E-state index in [4.69, 9.17) is 0 Å². The number of nitrogens with one attached hydrogen (secondary N) is 1. The molecule has 1 saturated heterocycles. The van der Waals surface area contributed by atoms with Crippen molar-refractivity contribution >= 4 is 5.91 Å². The molecule has 8 heteroatoms. The summed E-state index contributed by atoms with van der Waals surface area (Å²) in [6.45, 7) is 0.0998. The van der Waals surface area contributed by atoms with Gasteiger partial charge in [-0.1, -0.05) is 0 Å². The first kappa shape index (κ1) is 15.6. The van der Waals surface area contributed by atoms with Crippen LogP contribution in [0.3, 0.4) is 0 Å². The zero-order valence-electron chi connectivity index (χ0n) is 11.2. The molecule has 2 N–H and O–H groups in total. The molecule has 1 aliphatic heterocycles. The van der Waals surface area contributed by atoms with Crippen molar-refractivity contribution in [3.05, 3.63) is 24.0 Å². The summed E-state index contributed by atoms with van der Waals surface area (Å²) in [5.74, 6) is -0.505. The first-order valence-electron chi connectivity index (χ1n) is 6.55. The second-order valence-corrected chi connectivity index (χ2v) is 5.15. The van der Waals surface area contributed by atoms with E-state index >= 15 is 0 Å². The molecule has 0 saturated carbocycles. The normalized spacial score (nSPS) is 19.7. The number of aromatic hydroxyl groups is 1. The molecule has 2 heterocycles. The maximum absolute atomic E-state index is 12.3. The van der Waals surface area contributed by atoms with Crippen LogP contribution < -0.4 is 5.32 Å². The average molecular weight is 303 g/mol. The van der Waals surface area contributed by atoms with E-state index in [1.165, 1.54) is 23.4 Å². The van der Waals surface area contributed by atoms with Crippen molar-refractivity contribution in [2.24, 2.45) is 5.92 Å². The van der Waals surface area contributed by atoms with Gasteiger partial charge in [0, 0.05) is 19.3 Å². The zero-order valence-corrected chi connectivity index (χ0v) is 11.2. The van der Waals surface area contributed by atoms with Gasteiger partial charge in [0.25, 0.3) is 5.91 Å². The first-order valence-corrected chi connectivity index (χ1v) is 6.55. The lowest BCUT2D eigenvalue weighted by molar-refractivity contribution is -0.143. The van der Waals surface area contributed by atoms with E-state index in [0.717, 1.165) is 0 Å². The van der Waals surface area contributed by atoms with Crippen LogP contribution >= 0.6 is 0 Å². The highest BCUT2D eigenvalue weighted by molar-refractivity contribution is 5.94. The van der Waals surface area contributed by atoms with Gasteiger partial charge in [-0.2, -0.15) is 13.2 Å². The van der Waals surface area contributed by atoms with E-state index < -0.39 is 18.6 Å². The number of hydrogen-bond acceptors (Lipinski definition) is 4. The van der Waals surface area contributed by atoms with Gasteiger partial charge in [-0.25, -0.2) is 0 Å². The van der Waals surface area contributed by atoms with Crippen molar-refractivity contribution in [2.45, 2.75) is 12.6 Å². The summed E-state index contributed by atoms with van der Waals surface area (Å²) in [5, 5.41) is 11.9. The summed E-state index contributed by atoms with van der Waals surface area (Å²) in [6, 6.07) is 1.28. The van der Waals surface area contributed by atoms with E-state index in [-0.39, 0.29) is 17.2 Å². The van der Waals surface area contributed by atoms with Crippen molar-refractivity contribution in [2.75, 3.05) is 26.2 Å². The third-order valence-corrected chi connectivity index (χ3v) is 3.31. The van der Waals surface area contributed by atoms with E-state index in [1.54, 1.807) is 0 Å². The number of likely N-dealkylation sites (tertiary alicyclic amines) is 1. The van der Waals surface area contributed by atoms with Crippen molar-refractivity contribution in [1.29, 1.82) is 0 Å². The van der Waals surface area contributed by atoms with Gasteiger partial charge >= 0.3 is 6.18 Å². The predicted octanol–water partition coefficient (Wildman–Crippen LogP) is 1.40. The second-order valence-electron chi connectivity index (χ2n) is 5.15. The summed E-state index contributed by atoms with van der Waals surface area (Å²) in [4.78, 5) is 16.8. The maximum Gasteiger partial charge on any atom is 0.401 e. The molecule has 0 aliphatic carbocycles. The van der Waals surface area contributed by atoms with Crippen LogP contribution in [0.2, 0.25) is 0 Å². The molecule has 0 spiro atoms. The number of nitrogens with zero attached hydrogens (tertiary/aromatic N) is 2. The lowest BCUT2D eigenvalue weighted by atomic mass is 10.1. The molecule has 1 atom stereocenters. The Balaban J connectivity index is 1.78. The predicted molar refractivity (Wildman–Crippen MR) is 68.8 cm³/mol. The number of aromatic nitrogens is 1. The number of carbonyl (C=O) groups is 1. The van der Waals surface area contributed by atoms with Crippen LogP contribution in [0.4, 0.5) is 13.2 Å². The standard InChI is InChI=1S/C13H16F3N3O2/c14-13(15,16)8-19-2-1-9(7-19)4-18-12(21)10-3-11(20)6-17-5-10/h3,5-6,9,20H,1-2,4,7-8H2,(H,18,21). The van der Waals surface area contributed by atoms with Gasteiger partial charge < -0.3 is 10.4 Å². The smallest absolute Gasteiger partial charge is 0.401 e. The number of amides is 1. The number of halogens is 3. The monoisotopic (exact) mass is 303 g/mol. The highest BCUT2D eigenvalue weighted by Gasteiger charge is 2.34. The summed E-state index contributed by atoms with van der Waals surface area (Å²) < 4.78 is 36.8. The number of pyridine rings is 1. The second kappa shape index (κ2) is 6.30. The fourth-order valence-corrected chi connectivity index (χ4v) is 2.37. The van der Waals surface area contributed by atoms with Crippen molar-refractivity contribution in [3.8, 4) is 5.75 Å². The molecule has 1 aromatic heterocycles. The summed E-state index contributed by atoms with van der Waals surface area (Å²) in [6.07, 6.45) is -1.04. The summed E-state index contributed by atoms with van der Waals surface area (Å²) >= 11 is 0. The van der Waals surface area contributed by atoms with E-state index in [2.05, 4.69) is 10.3 Å². The molecular formula is C13H16F3N3O2. The van der Waals surface area contributed by atoms with Crippen LogP contribution in [0.5, 0.6) is 5.75 Å². The van der Waals surface area contributed by atoms with Gasteiger partial charge in [0.1, 0.15) is 5.75 Å². The molecule has 21 heavy (non-hydrogen) atoms. The Morgan fingerprint density at radius 2 is 2.24 bits per heavy atom. The van der Waals surface area contributed by atoms with Crippen LogP contribution in [0.15, 0.2) is 18.5 Å². The van der Waals surface area contributed by atoms with Gasteiger partial charge in [-0.15, -0.1) is 0 Å². The van der Waals surface area contributed by atoms with Crippen LogP contribution in [0.25, 0.3) is 0 Å². The minimum Gasteiger partial charge on any atom is -0.506 e. The highest BCUT2D eigenvalue weighted by Crippen LogP contribution is 2.22. The van der Waals surface area contributed by atoms with Gasteiger partial charge in [0.05, 0.1) is 18.3 Å². The molecule has 1 fully saturated rings. The molecule has 2 rings (SSSR count). The third-order valence-electron chi connectivity index (χ3n) is 3.31. The minimum atomic E-state index is -4.19. The molecule has 0 radical (unpaired) electrons. The van der Waals surface area contributed by atoms with E-state index in [9.17, 15) is 23.1 Å². The van der Waals surface area contributed by atoms with Gasteiger partial charge in [-0.3, -0.25) is 14.7 Å². The Hall–Kier alpha value is -1.83. The molecule has 5 nitrogen and oxygen atoms in total. The van der Waals surface area contributed by atoms with Gasteiger partial charge in [0.2, 0.25) is 0 Å². The first-order chi connectivity index (χ1) is 9.83. The Morgan fingerprint density at radius 3 is 2.90 bits per heavy atom. The SMILES string of the molecule is O=C(NCC1CCN(CC(F)(F)F)C1)c1cncc(O)c1. The number of carbonyl (C=O) groups excluding carboxylic acids is 1. The van der Waals surface area contributed by atoms with Gasteiger partial charge in [-0.05, 0) is 24.9 Å². The number of rotatable bonds is 4. The van der Waals surface area contributed by atoms with Crippen LogP contribution in [-0.2, 0) is 0 Å². The molecule has 1 amide bonds. The van der Waals surface area contributed by atoms with Crippen LogP contribution in [0, 0.1) is 5.92 Å². The molecule has 116 valence electrons. The fraction of sp³-hybridized carbons (Fsp3) is 0.538.